The Labute approximate surface area is 125 Å². The molecule has 21 heavy (non-hydrogen) atoms. The van der Waals surface area contributed by atoms with Gasteiger partial charge in [-0.25, -0.2) is 19.4 Å². The Kier molecular flexibility index (Phi) is 3.58. The van der Waals surface area contributed by atoms with E-state index in [2.05, 4.69) is 25.5 Å². The number of hydrogen-bond donors (Lipinski definition) is 1. The van der Waals surface area contributed by atoms with Gasteiger partial charge in [0.25, 0.3) is 0 Å². The highest BCUT2D eigenvalue weighted by atomic mass is 32.2. The molecule has 2 heterocycles. The smallest absolute Gasteiger partial charge is 0.355 e. The molecular weight excluding hydrogens is 292 g/mol. The van der Waals surface area contributed by atoms with Crippen molar-refractivity contribution in [3.63, 3.8) is 0 Å². The molecule has 1 aliphatic rings. The van der Waals surface area contributed by atoms with Gasteiger partial charge in [-0.2, -0.15) is 0 Å². The lowest BCUT2D eigenvalue weighted by atomic mass is 10.2. The van der Waals surface area contributed by atoms with Crippen LogP contribution in [0.25, 0.3) is 0 Å². The van der Waals surface area contributed by atoms with E-state index >= 15 is 0 Å². The maximum atomic E-state index is 11.4. The van der Waals surface area contributed by atoms with Crippen molar-refractivity contribution >= 4 is 17.7 Å². The highest BCUT2D eigenvalue weighted by Gasteiger charge is 2.29. The second-order valence-electron chi connectivity index (χ2n) is 5.14. The Morgan fingerprint density at radius 2 is 2.24 bits per heavy atom. The van der Waals surface area contributed by atoms with Gasteiger partial charge in [0.1, 0.15) is 5.82 Å². The summed E-state index contributed by atoms with van der Waals surface area (Å²) >= 11 is 1.19. The normalized spacial score (nSPS) is 14.6. The molecule has 0 radical (unpaired) electrons. The standard InChI is InChI=1S/C12H14N6O2S/c1-6(2)10-13-5-8(9(14-10)11(19)20)21-12-15-16-17-18(12)7-3-4-7/h5-7H,3-4H2,1-2H3,(H,19,20). The van der Waals surface area contributed by atoms with E-state index in [4.69, 9.17) is 0 Å². The summed E-state index contributed by atoms with van der Waals surface area (Å²) in [6.45, 7) is 3.84. The molecule has 0 atom stereocenters. The Morgan fingerprint density at radius 3 is 2.86 bits per heavy atom. The van der Waals surface area contributed by atoms with Crippen molar-refractivity contribution in [3.05, 3.63) is 17.7 Å². The van der Waals surface area contributed by atoms with Crippen LogP contribution in [0.4, 0.5) is 0 Å². The summed E-state index contributed by atoms with van der Waals surface area (Å²) in [4.78, 5) is 20.2. The SMILES string of the molecule is CC(C)c1ncc(Sc2nnnn2C2CC2)c(C(=O)O)n1. The molecule has 0 aromatic carbocycles. The number of nitrogens with zero attached hydrogens (tertiary/aromatic N) is 6. The first-order valence-electron chi connectivity index (χ1n) is 6.62. The van der Waals surface area contributed by atoms with E-state index in [1.807, 2.05) is 13.8 Å². The van der Waals surface area contributed by atoms with Crippen LogP contribution in [-0.4, -0.2) is 41.3 Å². The molecule has 0 unspecified atom stereocenters. The second-order valence-corrected chi connectivity index (χ2v) is 6.15. The van der Waals surface area contributed by atoms with Crippen molar-refractivity contribution in [1.29, 1.82) is 0 Å². The van der Waals surface area contributed by atoms with Crippen LogP contribution >= 0.6 is 11.8 Å². The van der Waals surface area contributed by atoms with Crippen molar-refractivity contribution < 1.29 is 9.90 Å². The van der Waals surface area contributed by atoms with Gasteiger partial charge in [-0.05, 0) is 35.0 Å². The molecule has 1 N–H and O–H groups in total. The van der Waals surface area contributed by atoms with Gasteiger partial charge in [0.15, 0.2) is 5.69 Å². The third-order valence-electron chi connectivity index (χ3n) is 3.05. The molecule has 0 spiro atoms. The Balaban J connectivity index is 1.94. The van der Waals surface area contributed by atoms with E-state index in [0.717, 1.165) is 12.8 Å². The lowest BCUT2D eigenvalue weighted by molar-refractivity contribution is 0.0685. The number of carbonyl (C=O) groups is 1. The molecule has 0 amide bonds. The summed E-state index contributed by atoms with van der Waals surface area (Å²) in [5.41, 5.74) is -0.0101. The number of tetrazole rings is 1. The molecule has 0 bridgehead atoms. The molecule has 0 saturated heterocycles. The van der Waals surface area contributed by atoms with Gasteiger partial charge >= 0.3 is 5.97 Å². The second kappa shape index (κ2) is 5.40. The third kappa shape index (κ3) is 2.87. The Bertz CT molecular complexity index is 682. The van der Waals surface area contributed by atoms with Crippen LogP contribution < -0.4 is 0 Å². The average Bonchev–Trinajstić information content (AvgIpc) is 3.19. The largest absolute Gasteiger partial charge is 0.476 e. The van der Waals surface area contributed by atoms with Crippen molar-refractivity contribution in [3.8, 4) is 0 Å². The minimum atomic E-state index is -1.08. The summed E-state index contributed by atoms with van der Waals surface area (Å²) in [5.74, 6) is -0.496. The predicted molar refractivity (Wildman–Crippen MR) is 73.3 cm³/mol. The van der Waals surface area contributed by atoms with E-state index in [9.17, 15) is 9.90 Å². The molecule has 2 aromatic heterocycles. The number of rotatable bonds is 5. The maximum Gasteiger partial charge on any atom is 0.355 e. The van der Waals surface area contributed by atoms with Crippen molar-refractivity contribution in [2.24, 2.45) is 0 Å². The van der Waals surface area contributed by atoms with E-state index in [1.165, 1.54) is 18.0 Å². The van der Waals surface area contributed by atoms with Crippen LogP contribution in [0.2, 0.25) is 0 Å². The number of aromatic nitrogens is 6. The van der Waals surface area contributed by atoms with Gasteiger partial charge in [-0.1, -0.05) is 13.8 Å². The van der Waals surface area contributed by atoms with E-state index < -0.39 is 5.97 Å². The highest BCUT2D eigenvalue weighted by molar-refractivity contribution is 7.99. The maximum absolute atomic E-state index is 11.4. The van der Waals surface area contributed by atoms with E-state index in [1.54, 1.807) is 4.68 Å². The fourth-order valence-corrected chi connectivity index (χ4v) is 2.68. The van der Waals surface area contributed by atoms with E-state index in [0.29, 0.717) is 21.9 Å². The van der Waals surface area contributed by atoms with Gasteiger partial charge in [-0.15, -0.1) is 5.10 Å². The monoisotopic (exact) mass is 306 g/mol. The summed E-state index contributed by atoms with van der Waals surface area (Å²) in [6, 6.07) is 0.326. The van der Waals surface area contributed by atoms with Crippen molar-refractivity contribution in [2.75, 3.05) is 0 Å². The number of carboxylic acid groups (broad SMARTS) is 1. The molecular formula is C12H14N6O2S. The zero-order valence-corrected chi connectivity index (χ0v) is 12.4. The number of aromatic carboxylic acids is 1. The zero-order chi connectivity index (χ0) is 15.0. The molecule has 1 saturated carbocycles. The number of carboxylic acids is 1. The molecule has 2 aromatic rings. The Hall–Kier alpha value is -2.03. The lowest BCUT2D eigenvalue weighted by Gasteiger charge is -2.08. The summed E-state index contributed by atoms with van der Waals surface area (Å²) < 4.78 is 1.73. The van der Waals surface area contributed by atoms with Gasteiger partial charge in [0.2, 0.25) is 5.16 Å². The van der Waals surface area contributed by atoms with Crippen LogP contribution in [0.1, 0.15) is 55.0 Å². The molecule has 1 aliphatic carbocycles. The number of hydrogen-bond acceptors (Lipinski definition) is 7. The first kappa shape index (κ1) is 13.9. The summed E-state index contributed by atoms with van der Waals surface area (Å²) in [7, 11) is 0. The van der Waals surface area contributed by atoms with Crippen LogP contribution in [0.3, 0.4) is 0 Å². The van der Waals surface area contributed by atoms with E-state index in [-0.39, 0.29) is 11.6 Å². The molecule has 1 fully saturated rings. The first-order valence-corrected chi connectivity index (χ1v) is 7.44. The van der Waals surface area contributed by atoms with Crippen molar-refractivity contribution in [2.45, 2.75) is 48.7 Å². The van der Waals surface area contributed by atoms with Gasteiger partial charge in [0, 0.05) is 12.1 Å². The third-order valence-corrected chi connectivity index (χ3v) is 4.02. The van der Waals surface area contributed by atoms with Crippen LogP contribution in [0, 0.1) is 0 Å². The minimum Gasteiger partial charge on any atom is -0.476 e. The summed E-state index contributed by atoms with van der Waals surface area (Å²) in [6.07, 6.45) is 3.63. The fraction of sp³-hybridized carbons (Fsp3) is 0.500. The fourth-order valence-electron chi connectivity index (χ4n) is 1.79. The van der Waals surface area contributed by atoms with Gasteiger partial charge < -0.3 is 5.11 Å². The summed E-state index contributed by atoms with van der Waals surface area (Å²) in [5, 5.41) is 21.4. The lowest BCUT2D eigenvalue weighted by Crippen LogP contribution is -2.09. The highest BCUT2D eigenvalue weighted by Crippen LogP contribution is 2.38. The first-order chi connectivity index (χ1) is 10.1. The molecule has 0 aliphatic heterocycles. The van der Waals surface area contributed by atoms with Crippen molar-refractivity contribution in [1.82, 2.24) is 30.2 Å². The molecule has 3 rings (SSSR count). The zero-order valence-electron chi connectivity index (χ0n) is 11.6. The van der Waals surface area contributed by atoms with Gasteiger partial charge in [-0.3, -0.25) is 0 Å². The van der Waals surface area contributed by atoms with Crippen LogP contribution in [0.15, 0.2) is 16.2 Å². The molecule has 110 valence electrons. The average molecular weight is 306 g/mol. The predicted octanol–water partition coefficient (Wildman–Crippen LogP) is 1.77. The molecule has 9 heteroatoms. The quantitative estimate of drug-likeness (QED) is 0.890. The van der Waals surface area contributed by atoms with Crippen LogP contribution in [-0.2, 0) is 0 Å². The van der Waals surface area contributed by atoms with Crippen LogP contribution in [0.5, 0.6) is 0 Å². The topological polar surface area (TPSA) is 107 Å². The molecule has 8 nitrogen and oxygen atoms in total. The minimum absolute atomic E-state index is 0.0101. The Morgan fingerprint density at radius 1 is 1.48 bits per heavy atom. The van der Waals surface area contributed by atoms with Gasteiger partial charge in [0.05, 0.1) is 10.9 Å².